The van der Waals surface area contributed by atoms with Gasteiger partial charge in [-0.2, -0.15) is 0 Å². The molecule has 0 radical (unpaired) electrons. The van der Waals surface area contributed by atoms with Gasteiger partial charge in [-0.3, -0.25) is 10.3 Å². The number of urea groups is 1. The molecule has 7 nitrogen and oxygen atoms in total. The predicted octanol–water partition coefficient (Wildman–Crippen LogP) is 3.37. The van der Waals surface area contributed by atoms with Crippen LogP contribution in [0.2, 0.25) is 0 Å². The Morgan fingerprint density at radius 1 is 1.23 bits per heavy atom. The number of nitrogens with one attached hydrogen (secondary N) is 2. The summed E-state index contributed by atoms with van der Waals surface area (Å²) in [5.74, 6) is 0.370. The average molecular weight is 350 g/mol. The van der Waals surface area contributed by atoms with Crippen LogP contribution in [0.3, 0.4) is 0 Å². The standard InChI is InChI=1S/C19H22N6O/c1-4-12-5-6-21-10-15(12)13-7-14-9-17(23-19(26)22-11(2)3)24-25-18(14)16(20)8-13/h5-11H,4,20H2,1-3H3,(H2,22,23,24,26). The average Bonchev–Trinajstić information content (AvgIpc) is 2.60. The molecule has 0 unspecified atom stereocenters. The number of anilines is 2. The van der Waals surface area contributed by atoms with Crippen molar-refractivity contribution < 1.29 is 4.79 Å². The Hall–Kier alpha value is -3.22. The van der Waals surface area contributed by atoms with E-state index in [0.717, 1.165) is 22.9 Å². The Balaban J connectivity index is 2.02. The van der Waals surface area contributed by atoms with E-state index in [2.05, 4.69) is 32.7 Å². The predicted molar refractivity (Wildman–Crippen MR) is 104 cm³/mol. The third-order valence-corrected chi connectivity index (χ3v) is 3.98. The largest absolute Gasteiger partial charge is 0.397 e. The number of amides is 2. The molecule has 0 aliphatic rings. The minimum atomic E-state index is -0.321. The summed E-state index contributed by atoms with van der Waals surface area (Å²) < 4.78 is 0. The van der Waals surface area contributed by atoms with Crippen molar-refractivity contribution >= 4 is 28.4 Å². The lowest BCUT2D eigenvalue weighted by molar-refractivity contribution is 0.250. The summed E-state index contributed by atoms with van der Waals surface area (Å²) in [6.45, 7) is 5.87. The number of benzene rings is 1. The molecule has 7 heteroatoms. The molecule has 3 aromatic rings. The number of aromatic nitrogens is 3. The van der Waals surface area contributed by atoms with Crippen LogP contribution in [0.5, 0.6) is 0 Å². The molecule has 0 spiro atoms. The SMILES string of the molecule is CCc1ccncc1-c1cc(N)c2nnc(NC(=O)NC(C)C)cc2c1. The minimum absolute atomic E-state index is 0.0312. The van der Waals surface area contributed by atoms with E-state index in [1.54, 1.807) is 12.3 Å². The Bertz CT molecular complexity index is 954. The summed E-state index contributed by atoms with van der Waals surface area (Å²) in [4.78, 5) is 16.1. The van der Waals surface area contributed by atoms with Gasteiger partial charge in [0, 0.05) is 29.4 Å². The molecule has 4 N–H and O–H groups in total. The number of carbonyl (C=O) groups excluding carboxylic acids is 1. The van der Waals surface area contributed by atoms with Gasteiger partial charge in [-0.15, -0.1) is 10.2 Å². The van der Waals surface area contributed by atoms with Crippen LogP contribution < -0.4 is 16.4 Å². The van der Waals surface area contributed by atoms with Crippen molar-refractivity contribution in [2.75, 3.05) is 11.1 Å². The molecule has 0 saturated heterocycles. The smallest absolute Gasteiger partial charge is 0.320 e. The third kappa shape index (κ3) is 3.72. The van der Waals surface area contributed by atoms with Gasteiger partial charge in [-0.05, 0) is 55.7 Å². The van der Waals surface area contributed by atoms with Crippen LogP contribution in [0.4, 0.5) is 16.3 Å². The summed E-state index contributed by atoms with van der Waals surface area (Å²) in [5, 5.41) is 14.4. The van der Waals surface area contributed by atoms with Crippen molar-refractivity contribution in [2.45, 2.75) is 33.2 Å². The number of hydrogen-bond donors (Lipinski definition) is 3. The lowest BCUT2D eigenvalue weighted by Crippen LogP contribution is -2.34. The maximum absolute atomic E-state index is 11.9. The maximum Gasteiger partial charge on any atom is 0.320 e. The Morgan fingerprint density at radius 3 is 2.77 bits per heavy atom. The molecular formula is C19H22N6O. The lowest BCUT2D eigenvalue weighted by Gasteiger charge is -2.12. The molecule has 0 bridgehead atoms. The molecule has 1 aromatic carbocycles. The van der Waals surface area contributed by atoms with Crippen LogP contribution in [-0.4, -0.2) is 27.3 Å². The van der Waals surface area contributed by atoms with Gasteiger partial charge in [0.15, 0.2) is 5.82 Å². The van der Waals surface area contributed by atoms with E-state index in [1.807, 2.05) is 38.2 Å². The highest BCUT2D eigenvalue weighted by atomic mass is 16.2. The molecule has 2 heterocycles. The number of pyridine rings is 1. The minimum Gasteiger partial charge on any atom is -0.397 e. The van der Waals surface area contributed by atoms with Crippen molar-refractivity contribution in [3.05, 3.63) is 42.2 Å². The number of rotatable bonds is 4. The van der Waals surface area contributed by atoms with Crippen LogP contribution in [-0.2, 0) is 6.42 Å². The van der Waals surface area contributed by atoms with Crippen LogP contribution >= 0.6 is 0 Å². The Labute approximate surface area is 152 Å². The zero-order valence-corrected chi connectivity index (χ0v) is 15.1. The topological polar surface area (TPSA) is 106 Å². The quantitative estimate of drug-likeness (QED) is 0.626. The molecule has 0 aliphatic heterocycles. The number of carbonyl (C=O) groups is 1. The molecule has 0 fully saturated rings. The van der Waals surface area contributed by atoms with Crippen LogP contribution in [0.25, 0.3) is 22.0 Å². The van der Waals surface area contributed by atoms with Crippen molar-refractivity contribution in [1.82, 2.24) is 20.5 Å². The molecule has 0 atom stereocenters. The normalized spacial score (nSPS) is 10.9. The Morgan fingerprint density at radius 2 is 2.04 bits per heavy atom. The van der Waals surface area contributed by atoms with Gasteiger partial charge in [0.1, 0.15) is 5.52 Å². The number of nitrogen functional groups attached to an aromatic ring is 1. The molecule has 0 saturated carbocycles. The fourth-order valence-corrected chi connectivity index (χ4v) is 2.81. The second kappa shape index (κ2) is 7.35. The zero-order chi connectivity index (χ0) is 18.7. The highest BCUT2D eigenvalue weighted by Gasteiger charge is 2.11. The number of hydrogen-bond acceptors (Lipinski definition) is 5. The number of nitrogens with zero attached hydrogens (tertiary/aromatic N) is 3. The lowest BCUT2D eigenvalue weighted by atomic mass is 9.98. The van der Waals surface area contributed by atoms with E-state index < -0.39 is 0 Å². The first kappa shape index (κ1) is 17.6. The molecule has 26 heavy (non-hydrogen) atoms. The van der Waals surface area contributed by atoms with Crippen molar-refractivity contribution in [2.24, 2.45) is 0 Å². The molecule has 2 aromatic heterocycles. The first-order chi connectivity index (χ1) is 12.5. The third-order valence-electron chi connectivity index (χ3n) is 3.98. The van der Waals surface area contributed by atoms with Crippen LogP contribution in [0, 0.1) is 0 Å². The maximum atomic E-state index is 11.9. The first-order valence-corrected chi connectivity index (χ1v) is 8.55. The van der Waals surface area contributed by atoms with Gasteiger partial charge in [0.2, 0.25) is 0 Å². The van der Waals surface area contributed by atoms with E-state index in [4.69, 9.17) is 5.73 Å². The summed E-state index contributed by atoms with van der Waals surface area (Å²) in [7, 11) is 0. The fraction of sp³-hybridized carbons (Fsp3) is 0.263. The summed E-state index contributed by atoms with van der Waals surface area (Å²) in [6, 6.07) is 7.35. The van der Waals surface area contributed by atoms with Crippen molar-refractivity contribution in [1.29, 1.82) is 0 Å². The van der Waals surface area contributed by atoms with E-state index in [-0.39, 0.29) is 12.1 Å². The molecule has 0 aliphatic carbocycles. The monoisotopic (exact) mass is 350 g/mol. The van der Waals surface area contributed by atoms with Gasteiger partial charge in [-0.1, -0.05) is 6.92 Å². The summed E-state index contributed by atoms with van der Waals surface area (Å²) in [6.07, 6.45) is 4.52. The van der Waals surface area contributed by atoms with Gasteiger partial charge in [0.05, 0.1) is 5.69 Å². The van der Waals surface area contributed by atoms with Crippen LogP contribution in [0.1, 0.15) is 26.3 Å². The van der Waals surface area contributed by atoms with E-state index in [9.17, 15) is 4.79 Å². The van der Waals surface area contributed by atoms with Gasteiger partial charge >= 0.3 is 6.03 Å². The van der Waals surface area contributed by atoms with Gasteiger partial charge in [-0.25, -0.2) is 4.79 Å². The van der Waals surface area contributed by atoms with E-state index in [1.165, 1.54) is 5.56 Å². The molecular weight excluding hydrogens is 328 g/mol. The van der Waals surface area contributed by atoms with Gasteiger partial charge < -0.3 is 11.1 Å². The fourth-order valence-electron chi connectivity index (χ4n) is 2.81. The van der Waals surface area contributed by atoms with Gasteiger partial charge in [0.25, 0.3) is 0 Å². The molecule has 3 rings (SSSR count). The van der Waals surface area contributed by atoms with Crippen molar-refractivity contribution in [3.8, 4) is 11.1 Å². The number of fused-ring (bicyclic) bond motifs is 1. The number of aryl methyl sites for hydroxylation is 1. The van der Waals surface area contributed by atoms with E-state index >= 15 is 0 Å². The zero-order valence-electron chi connectivity index (χ0n) is 15.1. The molecule has 2 amide bonds. The highest BCUT2D eigenvalue weighted by Crippen LogP contribution is 2.30. The second-order valence-electron chi connectivity index (χ2n) is 6.37. The number of nitrogens with two attached hydrogens (primary N) is 1. The summed E-state index contributed by atoms with van der Waals surface area (Å²) in [5.41, 5.74) is 10.5. The second-order valence-corrected chi connectivity index (χ2v) is 6.37. The highest BCUT2D eigenvalue weighted by molar-refractivity contribution is 5.96. The molecule has 134 valence electrons. The van der Waals surface area contributed by atoms with Crippen molar-refractivity contribution in [3.63, 3.8) is 0 Å². The first-order valence-electron chi connectivity index (χ1n) is 8.55. The summed E-state index contributed by atoms with van der Waals surface area (Å²) >= 11 is 0. The van der Waals surface area contributed by atoms with E-state index in [0.29, 0.717) is 17.0 Å². The Kier molecular flexibility index (Phi) is 4.97. The van der Waals surface area contributed by atoms with Crippen LogP contribution in [0.15, 0.2) is 36.7 Å².